The van der Waals surface area contributed by atoms with Crippen LogP contribution in [0.5, 0.6) is 5.75 Å². The third-order valence-electron chi connectivity index (χ3n) is 11.7. The summed E-state index contributed by atoms with van der Waals surface area (Å²) in [6.45, 7) is 32.9. The number of esters is 2. The fraction of sp³-hybridized carbons (Fsp3) is 0.721. The Labute approximate surface area is 319 Å². The molecule has 0 amide bonds. The molecule has 7 nitrogen and oxygen atoms in total. The standard InChI is InChI=1S/C43H70O7Si2/c1-16-33(47-37-28(3)23-27(2)24-29(37)4)38(44)48-34-26-32(40(6,7)8)25-31-18-17-30(5)42(36(31)34,49-51(12)13)20-21-43(50-52(14)15)35(41(9,10)11)19-22-46-39(43)45/h17-18,23-25,30,32-36,51-52H,16,19-22,26H2,1-15H3/t30-,32+,33?,34-,35?,36+,42-,43?/m0/s1. The quantitative estimate of drug-likeness (QED) is 0.155. The zero-order chi connectivity index (χ0) is 39.0. The highest BCUT2D eigenvalue weighted by atomic mass is 28.3. The summed E-state index contributed by atoms with van der Waals surface area (Å²) in [6, 6.07) is 4.18. The highest BCUT2D eigenvalue weighted by Crippen LogP contribution is 2.54. The van der Waals surface area contributed by atoms with E-state index >= 15 is 0 Å². The van der Waals surface area contributed by atoms with Gasteiger partial charge >= 0.3 is 11.9 Å². The van der Waals surface area contributed by atoms with Crippen molar-refractivity contribution in [2.45, 2.75) is 158 Å². The van der Waals surface area contributed by atoms with Crippen molar-refractivity contribution in [3.05, 3.63) is 52.6 Å². The first kappa shape index (κ1) is 42.5. The molecule has 1 fully saturated rings. The lowest BCUT2D eigenvalue weighted by Gasteiger charge is -2.55. The summed E-state index contributed by atoms with van der Waals surface area (Å²) in [6.07, 6.45) is 8.73. The Balaban J connectivity index is 1.82. The number of aryl methyl sites for hydroxylation is 3. The van der Waals surface area contributed by atoms with Crippen LogP contribution in [0.3, 0.4) is 0 Å². The summed E-state index contributed by atoms with van der Waals surface area (Å²) in [4.78, 5) is 28.5. The number of rotatable bonds is 12. The molecule has 0 N–H and O–H groups in total. The molecule has 3 aliphatic rings. The van der Waals surface area contributed by atoms with E-state index < -0.39 is 41.5 Å². The van der Waals surface area contributed by atoms with Gasteiger partial charge in [-0.05, 0) is 113 Å². The summed E-state index contributed by atoms with van der Waals surface area (Å²) in [5.41, 5.74) is 2.35. The maximum Gasteiger partial charge on any atom is 0.347 e. The monoisotopic (exact) mass is 754 g/mol. The van der Waals surface area contributed by atoms with Crippen molar-refractivity contribution in [1.29, 1.82) is 0 Å². The molecule has 0 spiro atoms. The molecule has 1 aromatic carbocycles. The second kappa shape index (κ2) is 16.3. The van der Waals surface area contributed by atoms with Gasteiger partial charge in [-0.3, -0.25) is 0 Å². The lowest BCUT2D eigenvalue weighted by atomic mass is 9.58. The van der Waals surface area contributed by atoms with Gasteiger partial charge in [-0.1, -0.05) is 91.3 Å². The van der Waals surface area contributed by atoms with E-state index in [2.05, 4.69) is 112 Å². The van der Waals surface area contributed by atoms with Crippen LogP contribution in [0, 0.1) is 55.3 Å². The molecule has 0 aromatic heterocycles. The number of benzene rings is 1. The molecule has 0 radical (unpaired) electrons. The highest BCUT2D eigenvalue weighted by Gasteiger charge is 2.59. The molecule has 8 atom stereocenters. The number of allylic oxidation sites excluding steroid dienone is 2. The SMILES string of the molecule is CCC(Oc1c(C)cc(C)cc1C)C(=O)O[C@H]1C[C@H](C(C)(C)C)C=C2C=C[C@H](C)[C@](CCC3(O[SiH](C)C)C(=O)OCCC3C(C)(C)C)(O[SiH](C)C)[C@H]21. The van der Waals surface area contributed by atoms with Crippen LogP contribution < -0.4 is 4.74 Å². The summed E-state index contributed by atoms with van der Waals surface area (Å²) in [7, 11) is -3.37. The van der Waals surface area contributed by atoms with E-state index in [1.54, 1.807) is 0 Å². The van der Waals surface area contributed by atoms with E-state index in [4.69, 9.17) is 23.1 Å². The third kappa shape index (κ3) is 9.01. The Bertz CT molecular complexity index is 1480. The van der Waals surface area contributed by atoms with Crippen LogP contribution in [0.2, 0.25) is 26.2 Å². The second-order valence-corrected chi connectivity index (χ2v) is 23.4. The number of hydrogen-bond acceptors (Lipinski definition) is 7. The fourth-order valence-corrected chi connectivity index (χ4v) is 12.0. The molecule has 2 aliphatic carbocycles. The number of cyclic esters (lactones) is 1. The van der Waals surface area contributed by atoms with Gasteiger partial charge < -0.3 is 23.1 Å². The summed E-state index contributed by atoms with van der Waals surface area (Å²) < 4.78 is 33.4. The van der Waals surface area contributed by atoms with Crippen molar-refractivity contribution in [2.75, 3.05) is 6.61 Å². The minimum Gasteiger partial charge on any atom is -0.478 e. The van der Waals surface area contributed by atoms with Crippen molar-refractivity contribution in [2.24, 2.45) is 34.5 Å². The van der Waals surface area contributed by atoms with Crippen LogP contribution in [0.1, 0.15) is 104 Å². The number of hydrogen-bond donors (Lipinski definition) is 0. The molecule has 3 unspecified atom stereocenters. The van der Waals surface area contributed by atoms with Gasteiger partial charge in [0.1, 0.15) is 11.9 Å². The minimum atomic E-state index is -1.69. The Kier molecular flexibility index (Phi) is 13.3. The summed E-state index contributed by atoms with van der Waals surface area (Å²) in [5.74, 6) is 0.140. The molecule has 0 bridgehead atoms. The fourth-order valence-electron chi connectivity index (χ4n) is 9.43. The normalized spacial score (nSPS) is 30.1. The topological polar surface area (TPSA) is 80.3 Å². The van der Waals surface area contributed by atoms with Crippen LogP contribution in [-0.4, -0.2) is 60.0 Å². The van der Waals surface area contributed by atoms with Crippen LogP contribution in [0.15, 0.2) is 35.9 Å². The lowest BCUT2D eigenvalue weighted by Crippen LogP contribution is -2.62. The van der Waals surface area contributed by atoms with Gasteiger partial charge in [0.05, 0.1) is 12.2 Å². The third-order valence-corrected chi connectivity index (χ3v) is 13.5. The Morgan fingerprint density at radius 2 is 1.58 bits per heavy atom. The minimum absolute atomic E-state index is 0.00431. The number of fused-ring (bicyclic) bond motifs is 1. The van der Waals surface area contributed by atoms with E-state index in [-0.39, 0.29) is 46.4 Å². The first-order valence-electron chi connectivity index (χ1n) is 19.9. The van der Waals surface area contributed by atoms with E-state index in [1.165, 1.54) is 0 Å². The van der Waals surface area contributed by atoms with Gasteiger partial charge in [-0.25, -0.2) is 9.59 Å². The Hall–Kier alpha value is -2.21. The van der Waals surface area contributed by atoms with Gasteiger partial charge in [-0.15, -0.1) is 0 Å². The van der Waals surface area contributed by atoms with Crippen molar-refractivity contribution in [3.63, 3.8) is 0 Å². The second-order valence-electron chi connectivity index (χ2n) is 18.7. The number of carbonyl (C=O) groups is 2. The molecular weight excluding hydrogens is 685 g/mol. The van der Waals surface area contributed by atoms with Crippen molar-refractivity contribution in [1.82, 2.24) is 0 Å². The maximum atomic E-state index is 14.4. The Morgan fingerprint density at radius 3 is 2.12 bits per heavy atom. The number of ether oxygens (including phenoxy) is 3. The van der Waals surface area contributed by atoms with Gasteiger partial charge in [0.15, 0.2) is 29.8 Å². The molecule has 52 heavy (non-hydrogen) atoms. The maximum absolute atomic E-state index is 14.4. The van der Waals surface area contributed by atoms with Crippen molar-refractivity contribution in [3.8, 4) is 5.75 Å². The number of carbonyl (C=O) groups excluding carboxylic acids is 2. The smallest absolute Gasteiger partial charge is 0.347 e. The average Bonchev–Trinajstić information content (AvgIpc) is 3.00. The molecule has 292 valence electrons. The predicted octanol–water partition coefficient (Wildman–Crippen LogP) is 9.36. The molecule has 1 heterocycles. The molecule has 1 aromatic rings. The van der Waals surface area contributed by atoms with E-state index in [0.717, 1.165) is 34.4 Å². The Morgan fingerprint density at radius 1 is 0.962 bits per heavy atom. The zero-order valence-corrected chi connectivity index (χ0v) is 37.4. The van der Waals surface area contributed by atoms with E-state index in [9.17, 15) is 9.59 Å². The first-order chi connectivity index (χ1) is 24.1. The highest BCUT2D eigenvalue weighted by molar-refractivity contribution is 6.49. The summed E-state index contributed by atoms with van der Waals surface area (Å²) in [5, 5.41) is 0. The van der Waals surface area contributed by atoms with Gasteiger partial charge in [0, 0.05) is 17.8 Å². The van der Waals surface area contributed by atoms with E-state index in [1.807, 2.05) is 20.8 Å². The van der Waals surface area contributed by atoms with Gasteiger partial charge in [-0.2, -0.15) is 0 Å². The molecular formula is C43H70O7Si2. The zero-order valence-electron chi connectivity index (χ0n) is 35.1. The van der Waals surface area contributed by atoms with Crippen LogP contribution >= 0.6 is 0 Å². The molecule has 0 saturated carbocycles. The first-order valence-corrected chi connectivity index (χ1v) is 25.5. The largest absolute Gasteiger partial charge is 0.478 e. The molecule has 1 saturated heterocycles. The van der Waals surface area contributed by atoms with Crippen molar-refractivity contribution < 1.29 is 32.7 Å². The van der Waals surface area contributed by atoms with Crippen LogP contribution in [0.25, 0.3) is 0 Å². The van der Waals surface area contributed by atoms with Gasteiger partial charge in [0.25, 0.3) is 0 Å². The predicted molar refractivity (Wildman–Crippen MR) is 216 cm³/mol. The van der Waals surface area contributed by atoms with Crippen molar-refractivity contribution >= 4 is 30.0 Å². The van der Waals surface area contributed by atoms with Crippen LogP contribution in [0.4, 0.5) is 0 Å². The van der Waals surface area contributed by atoms with Crippen LogP contribution in [-0.2, 0) is 27.9 Å². The molecule has 9 heteroatoms. The molecule has 1 aliphatic heterocycles. The van der Waals surface area contributed by atoms with Gasteiger partial charge in [0.2, 0.25) is 0 Å². The molecule has 4 rings (SSSR count). The van der Waals surface area contributed by atoms with E-state index in [0.29, 0.717) is 32.3 Å². The lowest BCUT2D eigenvalue weighted by molar-refractivity contribution is -0.191. The summed E-state index contributed by atoms with van der Waals surface area (Å²) >= 11 is 0. The average molecular weight is 755 g/mol.